The van der Waals surface area contributed by atoms with Gasteiger partial charge in [0.25, 0.3) is 0 Å². The molecule has 4 heteroatoms. The zero-order chi connectivity index (χ0) is 29.5. The standard InChI is InChI=1S/C27H18NO.C13H12N.Ir/c1-16-12-25(28-15-17(16)2)22-9-5-8-21-24-13-19-11-10-18-6-3-4-7-20(18)23(19)14-26(24)29-27(21)22;1-10-8-13(14-9-11(10)2)12-6-4-3-5-7-12;/h3-8,10-15H,1-2H3;3-6,8-9H,1-2H3;/q2*-1;. The normalized spacial score (nSPS) is 11.0. The van der Waals surface area contributed by atoms with Crippen LogP contribution in [0.2, 0.25) is 0 Å². The molecule has 3 heterocycles. The molecular formula is C40H30IrN2O-2. The summed E-state index contributed by atoms with van der Waals surface area (Å²) in [5.41, 5.74) is 10.5. The maximum atomic E-state index is 6.39. The summed E-state index contributed by atoms with van der Waals surface area (Å²) >= 11 is 0. The summed E-state index contributed by atoms with van der Waals surface area (Å²) in [4.78, 5) is 9.01. The Morgan fingerprint density at radius 3 is 2.00 bits per heavy atom. The van der Waals surface area contributed by atoms with E-state index >= 15 is 0 Å². The van der Waals surface area contributed by atoms with E-state index in [0.29, 0.717) is 0 Å². The molecule has 5 aromatic carbocycles. The third kappa shape index (κ3) is 5.43. The molecule has 3 aromatic heterocycles. The number of nitrogens with zero attached hydrogens (tertiary/aromatic N) is 2. The average Bonchev–Trinajstić information content (AvgIpc) is 3.41. The van der Waals surface area contributed by atoms with E-state index in [1.807, 2.05) is 42.7 Å². The molecular weight excluding hydrogens is 717 g/mol. The number of fused-ring (bicyclic) bond motifs is 6. The Balaban J connectivity index is 0.000000194. The molecule has 0 amide bonds. The zero-order valence-corrected chi connectivity index (χ0v) is 27.4. The van der Waals surface area contributed by atoms with Gasteiger partial charge < -0.3 is 14.4 Å². The Morgan fingerprint density at radius 2 is 1.25 bits per heavy atom. The number of hydrogen-bond donors (Lipinski definition) is 0. The summed E-state index contributed by atoms with van der Waals surface area (Å²) < 4.78 is 6.39. The minimum absolute atomic E-state index is 0. The first kappa shape index (κ1) is 29.4. The van der Waals surface area contributed by atoms with E-state index < -0.39 is 0 Å². The molecule has 3 nitrogen and oxygen atoms in total. The summed E-state index contributed by atoms with van der Waals surface area (Å²) in [7, 11) is 0. The molecule has 1 radical (unpaired) electrons. The maximum Gasteiger partial charge on any atom is 0.121 e. The number of hydrogen-bond acceptors (Lipinski definition) is 3. The van der Waals surface area contributed by atoms with Crippen molar-refractivity contribution in [2.75, 3.05) is 0 Å². The van der Waals surface area contributed by atoms with Crippen molar-refractivity contribution in [1.29, 1.82) is 0 Å². The van der Waals surface area contributed by atoms with Crippen LogP contribution >= 0.6 is 0 Å². The smallest absolute Gasteiger partial charge is 0.121 e. The maximum absolute atomic E-state index is 6.39. The molecule has 0 aliphatic heterocycles. The molecule has 0 saturated heterocycles. The molecule has 8 aromatic rings. The van der Waals surface area contributed by atoms with Gasteiger partial charge in [-0.25, -0.2) is 0 Å². The molecule has 0 spiro atoms. The first-order valence-electron chi connectivity index (χ1n) is 14.5. The van der Waals surface area contributed by atoms with Gasteiger partial charge >= 0.3 is 0 Å². The predicted molar refractivity (Wildman–Crippen MR) is 178 cm³/mol. The van der Waals surface area contributed by atoms with Gasteiger partial charge in [-0.05, 0) is 83.9 Å². The van der Waals surface area contributed by atoms with Crippen molar-refractivity contribution in [3.05, 3.63) is 144 Å². The van der Waals surface area contributed by atoms with Crippen molar-refractivity contribution >= 4 is 43.5 Å². The first-order chi connectivity index (χ1) is 21.0. The predicted octanol–water partition coefficient (Wildman–Crippen LogP) is 10.5. The molecule has 0 fully saturated rings. The van der Waals surface area contributed by atoms with Gasteiger partial charge in [0, 0.05) is 37.9 Å². The van der Waals surface area contributed by atoms with Crippen molar-refractivity contribution in [3.63, 3.8) is 0 Å². The van der Waals surface area contributed by atoms with Crippen LogP contribution in [0.1, 0.15) is 22.3 Å². The van der Waals surface area contributed by atoms with E-state index in [9.17, 15) is 0 Å². The van der Waals surface area contributed by atoms with Crippen molar-refractivity contribution in [2.24, 2.45) is 0 Å². The second kappa shape index (κ2) is 12.2. The minimum Gasteiger partial charge on any atom is -0.501 e. The van der Waals surface area contributed by atoms with E-state index in [-0.39, 0.29) is 20.1 Å². The van der Waals surface area contributed by atoms with Gasteiger partial charge in [0.2, 0.25) is 0 Å². The van der Waals surface area contributed by atoms with Crippen LogP contribution < -0.4 is 0 Å². The summed E-state index contributed by atoms with van der Waals surface area (Å²) in [5, 5.41) is 7.14. The van der Waals surface area contributed by atoms with Crippen LogP contribution in [-0.2, 0) is 20.1 Å². The third-order valence-corrected chi connectivity index (χ3v) is 8.28. The number of furan rings is 1. The molecule has 0 bridgehead atoms. The Hall–Kier alpha value is -4.63. The molecule has 0 unspecified atom stereocenters. The second-order valence-corrected chi connectivity index (χ2v) is 11.1. The fourth-order valence-electron chi connectivity index (χ4n) is 5.52. The second-order valence-electron chi connectivity index (χ2n) is 11.1. The van der Waals surface area contributed by atoms with E-state index in [4.69, 9.17) is 4.42 Å². The topological polar surface area (TPSA) is 38.9 Å². The quantitative estimate of drug-likeness (QED) is 0.131. The molecule has 0 aliphatic rings. The zero-order valence-electron chi connectivity index (χ0n) is 25.0. The summed E-state index contributed by atoms with van der Waals surface area (Å²) in [5.74, 6) is 0. The van der Waals surface area contributed by atoms with Crippen LogP contribution in [0.15, 0.2) is 114 Å². The van der Waals surface area contributed by atoms with E-state index in [0.717, 1.165) is 44.5 Å². The molecule has 44 heavy (non-hydrogen) atoms. The molecule has 0 N–H and O–H groups in total. The molecule has 217 valence electrons. The first-order valence-corrected chi connectivity index (χ1v) is 14.5. The van der Waals surface area contributed by atoms with Crippen LogP contribution in [-0.4, -0.2) is 9.97 Å². The van der Waals surface area contributed by atoms with Gasteiger partial charge in [-0.1, -0.05) is 70.6 Å². The Labute approximate surface area is 271 Å². The molecule has 8 rings (SSSR count). The van der Waals surface area contributed by atoms with Crippen LogP contribution in [0, 0.1) is 39.8 Å². The fraction of sp³-hybridized carbons (Fsp3) is 0.100. The van der Waals surface area contributed by atoms with Crippen molar-refractivity contribution in [1.82, 2.24) is 9.97 Å². The van der Waals surface area contributed by atoms with Gasteiger partial charge in [0.1, 0.15) is 5.58 Å². The van der Waals surface area contributed by atoms with Crippen molar-refractivity contribution < 1.29 is 24.5 Å². The summed E-state index contributed by atoms with van der Waals surface area (Å²) in [6.45, 7) is 8.36. The van der Waals surface area contributed by atoms with Gasteiger partial charge in [-0.15, -0.1) is 54.1 Å². The van der Waals surface area contributed by atoms with Crippen molar-refractivity contribution in [3.8, 4) is 22.5 Å². The average molecular weight is 747 g/mol. The Bertz CT molecular complexity index is 2290. The summed E-state index contributed by atoms with van der Waals surface area (Å²) in [6.07, 6.45) is 3.83. The summed E-state index contributed by atoms with van der Waals surface area (Å²) in [6, 6.07) is 39.9. The number of pyridine rings is 2. The third-order valence-electron chi connectivity index (χ3n) is 8.28. The van der Waals surface area contributed by atoms with Crippen LogP contribution in [0.3, 0.4) is 0 Å². The van der Waals surface area contributed by atoms with E-state index in [1.165, 1.54) is 43.8 Å². The van der Waals surface area contributed by atoms with E-state index in [2.05, 4.69) is 117 Å². The van der Waals surface area contributed by atoms with Gasteiger partial charge in [0.15, 0.2) is 0 Å². The molecule has 0 aliphatic carbocycles. The Kier molecular flexibility index (Phi) is 8.14. The van der Waals surface area contributed by atoms with E-state index in [1.54, 1.807) is 0 Å². The minimum atomic E-state index is 0. The number of benzene rings is 5. The van der Waals surface area contributed by atoms with Crippen LogP contribution in [0.25, 0.3) is 66.0 Å². The van der Waals surface area contributed by atoms with Gasteiger partial charge in [0.05, 0.1) is 5.58 Å². The van der Waals surface area contributed by atoms with Crippen molar-refractivity contribution in [2.45, 2.75) is 27.7 Å². The SMILES string of the molecule is Cc1cnc(-c2[c-]ccc3c2oc2cc4c(ccc5ccccc54)cc23)cc1C.Cc1cnc(-c2[c-]cccc2)cc1C.[Ir]. The van der Waals surface area contributed by atoms with Crippen LogP contribution in [0.4, 0.5) is 0 Å². The Morgan fingerprint density at radius 1 is 0.545 bits per heavy atom. The van der Waals surface area contributed by atoms with Gasteiger partial charge in [-0.2, -0.15) is 0 Å². The molecule has 0 atom stereocenters. The van der Waals surface area contributed by atoms with Crippen LogP contribution in [0.5, 0.6) is 0 Å². The number of rotatable bonds is 2. The fourth-order valence-corrected chi connectivity index (χ4v) is 5.52. The molecule has 0 saturated carbocycles. The number of aryl methyl sites for hydroxylation is 4. The number of aromatic nitrogens is 2. The monoisotopic (exact) mass is 747 g/mol. The van der Waals surface area contributed by atoms with Gasteiger partial charge in [-0.3, -0.25) is 0 Å². The largest absolute Gasteiger partial charge is 0.501 e.